The Morgan fingerprint density at radius 3 is 2.50 bits per heavy atom. The zero-order chi connectivity index (χ0) is 13.1. The van der Waals surface area contributed by atoms with Crippen LogP contribution in [0.3, 0.4) is 0 Å². The summed E-state index contributed by atoms with van der Waals surface area (Å²) in [6, 6.07) is 2.85. The topological polar surface area (TPSA) is 96.8 Å². The van der Waals surface area contributed by atoms with Crippen LogP contribution in [0.15, 0.2) is 18.3 Å². The number of carboxylic acid groups (broad SMARTS) is 1. The van der Waals surface area contributed by atoms with Crippen LogP contribution in [-0.2, 0) is 20.9 Å². The van der Waals surface area contributed by atoms with Gasteiger partial charge < -0.3 is 9.84 Å². The number of amides is 2. The van der Waals surface area contributed by atoms with Crippen molar-refractivity contribution in [3.63, 3.8) is 0 Å². The predicted molar refractivity (Wildman–Crippen MR) is 57.6 cm³/mol. The van der Waals surface area contributed by atoms with E-state index in [1.54, 1.807) is 0 Å². The molecule has 94 valence electrons. The van der Waals surface area contributed by atoms with Gasteiger partial charge in [-0.1, -0.05) is 0 Å². The highest BCUT2D eigenvalue weighted by Gasteiger charge is 2.26. The highest BCUT2D eigenvalue weighted by atomic mass is 16.5. The quantitative estimate of drug-likeness (QED) is 0.737. The molecule has 7 nitrogen and oxygen atoms in total. The van der Waals surface area contributed by atoms with Gasteiger partial charge >= 0.3 is 5.97 Å². The molecule has 2 rings (SSSR count). The maximum Gasteiger partial charge on any atom is 0.337 e. The standard InChI is InChI=1S/C11H10N2O5/c14-9-5-18-6-10(15)13(9)4-8-2-1-7(3-12-8)11(16)17/h1-3H,4-6H2,(H,16,17). The molecule has 0 atom stereocenters. The molecule has 1 aliphatic heterocycles. The van der Waals surface area contributed by atoms with Gasteiger partial charge in [0.25, 0.3) is 11.8 Å². The number of imide groups is 1. The number of aromatic nitrogens is 1. The number of morpholine rings is 1. The molecule has 0 aliphatic carbocycles. The zero-order valence-electron chi connectivity index (χ0n) is 9.33. The number of carboxylic acids is 1. The summed E-state index contributed by atoms with van der Waals surface area (Å²) in [6.45, 7) is -0.223. The molecule has 0 radical (unpaired) electrons. The number of ether oxygens (including phenoxy) is 1. The number of pyridine rings is 1. The van der Waals surface area contributed by atoms with E-state index in [-0.39, 0.29) is 25.3 Å². The third-order valence-electron chi connectivity index (χ3n) is 2.44. The fourth-order valence-electron chi connectivity index (χ4n) is 1.50. The molecule has 2 heterocycles. The Morgan fingerprint density at radius 1 is 1.33 bits per heavy atom. The van der Waals surface area contributed by atoms with E-state index in [4.69, 9.17) is 9.84 Å². The summed E-state index contributed by atoms with van der Waals surface area (Å²) in [5.41, 5.74) is 0.502. The average molecular weight is 250 g/mol. The molecule has 1 aromatic rings. The van der Waals surface area contributed by atoms with Gasteiger partial charge in [0.15, 0.2) is 0 Å². The minimum absolute atomic E-state index is 0.0287. The average Bonchev–Trinajstić information content (AvgIpc) is 2.34. The van der Waals surface area contributed by atoms with Gasteiger partial charge in [-0.2, -0.15) is 0 Å². The van der Waals surface area contributed by atoms with Crippen molar-refractivity contribution >= 4 is 17.8 Å². The molecular formula is C11H10N2O5. The van der Waals surface area contributed by atoms with Gasteiger partial charge in [-0.3, -0.25) is 19.5 Å². The maximum absolute atomic E-state index is 11.4. The molecule has 1 fully saturated rings. The monoisotopic (exact) mass is 250 g/mol. The van der Waals surface area contributed by atoms with Gasteiger partial charge in [0.1, 0.15) is 13.2 Å². The van der Waals surface area contributed by atoms with Crippen LogP contribution in [0.1, 0.15) is 16.1 Å². The van der Waals surface area contributed by atoms with Gasteiger partial charge in [0.05, 0.1) is 17.8 Å². The Kier molecular flexibility index (Phi) is 3.33. The third kappa shape index (κ3) is 2.51. The fourth-order valence-corrected chi connectivity index (χ4v) is 1.50. The Morgan fingerprint density at radius 2 is 2.00 bits per heavy atom. The van der Waals surface area contributed by atoms with E-state index >= 15 is 0 Å². The number of nitrogens with zero attached hydrogens (tertiary/aromatic N) is 2. The number of carbonyl (C=O) groups excluding carboxylic acids is 2. The largest absolute Gasteiger partial charge is 0.478 e. The molecular weight excluding hydrogens is 240 g/mol. The molecule has 1 aromatic heterocycles. The fraction of sp³-hybridized carbons (Fsp3) is 0.273. The third-order valence-corrected chi connectivity index (χ3v) is 2.44. The Labute approximate surface area is 102 Å². The van der Waals surface area contributed by atoms with Gasteiger partial charge in [-0.15, -0.1) is 0 Å². The first-order chi connectivity index (χ1) is 8.58. The van der Waals surface area contributed by atoms with Crippen molar-refractivity contribution in [1.29, 1.82) is 0 Å². The second-order valence-electron chi connectivity index (χ2n) is 3.71. The van der Waals surface area contributed by atoms with Crippen molar-refractivity contribution in [2.45, 2.75) is 6.54 Å². The Balaban J connectivity index is 2.11. The Bertz CT molecular complexity index is 481. The van der Waals surface area contributed by atoms with E-state index in [0.29, 0.717) is 5.69 Å². The number of hydrogen-bond donors (Lipinski definition) is 1. The first-order valence-electron chi connectivity index (χ1n) is 5.17. The highest BCUT2D eigenvalue weighted by Crippen LogP contribution is 2.08. The molecule has 1 N–H and O–H groups in total. The summed E-state index contributed by atoms with van der Waals surface area (Å²) in [5, 5.41) is 8.71. The Hall–Kier alpha value is -2.28. The molecule has 0 unspecified atom stereocenters. The van der Waals surface area contributed by atoms with Gasteiger partial charge in [0.2, 0.25) is 0 Å². The summed E-state index contributed by atoms with van der Waals surface area (Å²) in [7, 11) is 0. The lowest BCUT2D eigenvalue weighted by Crippen LogP contribution is -2.45. The number of hydrogen-bond acceptors (Lipinski definition) is 5. The van der Waals surface area contributed by atoms with E-state index in [9.17, 15) is 14.4 Å². The van der Waals surface area contributed by atoms with Crippen LogP contribution in [-0.4, -0.2) is 46.0 Å². The first-order valence-corrected chi connectivity index (χ1v) is 5.17. The molecule has 1 aliphatic rings. The van der Waals surface area contributed by atoms with Crippen LogP contribution in [0.2, 0.25) is 0 Å². The van der Waals surface area contributed by atoms with Crippen LogP contribution in [0.4, 0.5) is 0 Å². The first kappa shape index (κ1) is 12.2. The molecule has 7 heteroatoms. The van der Waals surface area contributed by atoms with E-state index in [1.165, 1.54) is 18.3 Å². The number of carbonyl (C=O) groups is 3. The molecule has 0 aromatic carbocycles. The summed E-state index contributed by atoms with van der Waals surface area (Å²) in [6.07, 6.45) is 1.19. The second-order valence-corrected chi connectivity index (χ2v) is 3.71. The predicted octanol–water partition coefficient (Wildman–Crippen LogP) is -0.335. The lowest BCUT2D eigenvalue weighted by Gasteiger charge is -2.24. The maximum atomic E-state index is 11.4. The molecule has 0 spiro atoms. The minimum Gasteiger partial charge on any atom is -0.478 e. The van der Waals surface area contributed by atoms with Crippen molar-refractivity contribution in [1.82, 2.24) is 9.88 Å². The SMILES string of the molecule is O=C(O)c1ccc(CN2C(=O)COCC2=O)nc1. The number of rotatable bonds is 3. The second kappa shape index (κ2) is 4.92. The lowest BCUT2D eigenvalue weighted by atomic mass is 10.2. The van der Waals surface area contributed by atoms with Gasteiger partial charge in [-0.05, 0) is 12.1 Å². The summed E-state index contributed by atoms with van der Waals surface area (Å²) in [4.78, 5) is 38.5. The summed E-state index contributed by atoms with van der Waals surface area (Å²) < 4.78 is 4.77. The zero-order valence-corrected chi connectivity index (χ0v) is 9.33. The molecule has 0 bridgehead atoms. The molecule has 0 saturated carbocycles. The van der Waals surface area contributed by atoms with E-state index in [2.05, 4.69) is 4.98 Å². The van der Waals surface area contributed by atoms with E-state index in [1.807, 2.05) is 0 Å². The van der Waals surface area contributed by atoms with E-state index < -0.39 is 17.8 Å². The molecule has 2 amide bonds. The summed E-state index contributed by atoms with van der Waals surface area (Å²) in [5.74, 6) is -1.92. The van der Waals surface area contributed by atoms with Gasteiger partial charge in [-0.25, -0.2) is 4.79 Å². The number of aromatic carboxylic acids is 1. The van der Waals surface area contributed by atoms with Crippen LogP contribution >= 0.6 is 0 Å². The van der Waals surface area contributed by atoms with Crippen LogP contribution in [0.25, 0.3) is 0 Å². The lowest BCUT2D eigenvalue weighted by molar-refractivity contribution is -0.159. The van der Waals surface area contributed by atoms with Crippen molar-refractivity contribution < 1.29 is 24.2 Å². The molecule has 18 heavy (non-hydrogen) atoms. The van der Waals surface area contributed by atoms with Crippen molar-refractivity contribution in [3.8, 4) is 0 Å². The van der Waals surface area contributed by atoms with Crippen LogP contribution < -0.4 is 0 Å². The summed E-state index contributed by atoms with van der Waals surface area (Å²) >= 11 is 0. The van der Waals surface area contributed by atoms with Crippen LogP contribution in [0, 0.1) is 0 Å². The van der Waals surface area contributed by atoms with Crippen molar-refractivity contribution in [2.75, 3.05) is 13.2 Å². The van der Waals surface area contributed by atoms with Crippen molar-refractivity contribution in [2.24, 2.45) is 0 Å². The highest BCUT2D eigenvalue weighted by molar-refractivity contribution is 5.98. The molecule has 1 saturated heterocycles. The smallest absolute Gasteiger partial charge is 0.337 e. The van der Waals surface area contributed by atoms with Crippen LogP contribution in [0.5, 0.6) is 0 Å². The minimum atomic E-state index is -1.08. The van der Waals surface area contributed by atoms with Crippen molar-refractivity contribution in [3.05, 3.63) is 29.6 Å². The normalized spacial score (nSPS) is 15.9. The van der Waals surface area contributed by atoms with E-state index in [0.717, 1.165) is 4.90 Å². The van der Waals surface area contributed by atoms with Gasteiger partial charge in [0, 0.05) is 6.20 Å².